The van der Waals surface area contributed by atoms with Crippen LogP contribution in [0.4, 0.5) is 0 Å². The second kappa shape index (κ2) is 4.88. The summed E-state index contributed by atoms with van der Waals surface area (Å²) in [6.07, 6.45) is 2.27. The minimum Gasteiger partial charge on any atom is -0.480 e. The molecule has 1 aromatic carbocycles. The van der Waals surface area contributed by atoms with Crippen LogP contribution in [-0.2, 0) is 11.3 Å². The van der Waals surface area contributed by atoms with E-state index in [1.807, 2.05) is 6.07 Å². The fraction of sp³-hybridized carbons (Fsp3) is 0.500. The van der Waals surface area contributed by atoms with Crippen LogP contribution in [-0.4, -0.2) is 28.6 Å². The molecule has 0 heterocycles. The van der Waals surface area contributed by atoms with Crippen LogP contribution in [0.3, 0.4) is 0 Å². The molecule has 1 aliphatic carbocycles. The summed E-state index contributed by atoms with van der Waals surface area (Å²) in [7, 11) is 0. The van der Waals surface area contributed by atoms with Crippen LogP contribution in [0.25, 0.3) is 0 Å². The normalized spacial score (nSPS) is 15.2. The van der Waals surface area contributed by atoms with E-state index in [0.29, 0.717) is 6.04 Å². The zero-order chi connectivity index (χ0) is 12.4. The average molecular weight is 233 g/mol. The molecule has 0 saturated heterocycles. The van der Waals surface area contributed by atoms with Crippen molar-refractivity contribution >= 4 is 5.97 Å². The van der Waals surface area contributed by atoms with Crippen molar-refractivity contribution in [2.75, 3.05) is 6.54 Å². The zero-order valence-corrected chi connectivity index (χ0v) is 10.4. The second-order valence-electron chi connectivity index (χ2n) is 4.89. The standard InChI is InChI=1S/C14H19NO2/c1-10-4-3-5-12(11(10)2)8-15(9-14(16)17)13-6-7-13/h3-5,13H,6-9H2,1-2H3,(H,16,17). The minimum atomic E-state index is -0.734. The molecule has 3 heteroatoms. The summed E-state index contributed by atoms with van der Waals surface area (Å²) in [5.41, 5.74) is 3.80. The Hall–Kier alpha value is -1.35. The second-order valence-corrected chi connectivity index (χ2v) is 4.89. The maximum atomic E-state index is 10.8. The summed E-state index contributed by atoms with van der Waals surface area (Å²) in [6.45, 7) is 5.11. The maximum Gasteiger partial charge on any atom is 0.317 e. The first-order valence-corrected chi connectivity index (χ1v) is 6.09. The van der Waals surface area contributed by atoms with E-state index in [1.54, 1.807) is 0 Å². The van der Waals surface area contributed by atoms with E-state index in [0.717, 1.165) is 19.4 Å². The molecule has 0 aliphatic heterocycles. The number of aryl methyl sites for hydroxylation is 1. The molecule has 1 saturated carbocycles. The Morgan fingerprint density at radius 3 is 2.71 bits per heavy atom. The Morgan fingerprint density at radius 2 is 2.12 bits per heavy atom. The first-order chi connectivity index (χ1) is 8.08. The highest BCUT2D eigenvalue weighted by molar-refractivity contribution is 5.69. The quantitative estimate of drug-likeness (QED) is 0.848. The third-order valence-electron chi connectivity index (χ3n) is 3.49. The van der Waals surface area contributed by atoms with Gasteiger partial charge in [-0.1, -0.05) is 18.2 Å². The lowest BCUT2D eigenvalue weighted by molar-refractivity contribution is -0.138. The molecule has 1 aromatic rings. The molecule has 1 aliphatic rings. The number of carboxylic acid groups (broad SMARTS) is 1. The van der Waals surface area contributed by atoms with Crippen molar-refractivity contribution in [2.24, 2.45) is 0 Å². The Balaban J connectivity index is 2.11. The highest BCUT2D eigenvalue weighted by atomic mass is 16.4. The molecule has 0 bridgehead atoms. The fourth-order valence-corrected chi connectivity index (χ4v) is 2.13. The molecule has 0 amide bonds. The molecular weight excluding hydrogens is 214 g/mol. The molecule has 0 unspecified atom stereocenters. The summed E-state index contributed by atoms with van der Waals surface area (Å²) in [5.74, 6) is -0.734. The van der Waals surface area contributed by atoms with Gasteiger partial charge < -0.3 is 5.11 Å². The van der Waals surface area contributed by atoms with Gasteiger partial charge >= 0.3 is 5.97 Å². The van der Waals surface area contributed by atoms with E-state index in [1.165, 1.54) is 16.7 Å². The predicted octanol–water partition coefficient (Wildman–Crippen LogP) is 2.35. The van der Waals surface area contributed by atoms with Crippen LogP contribution in [0.1, 0.15) is 29.5 Å². The molecule has 1 N–H and O–H groups in total. The molecule has 3 nitrogen and oxygen atoms in total. The first-order valence-electron chi connectivity index (χ1n) is 6.09. The first kappa shape index (κ1) is 12.1. The zero-order valence-electron chi connectivity index (χ0n) is 10.4. The number of aliphatic carboxylic acids is 1. The Kier molecular flexibility index (Phi) is 3.48. The topological polar surface area (TPSA) is 40.5 Å². The van der Waals surface area contributed by atoms with Gasteiger partial charge in [-0.2, -0.15) is 0 Å². The number of rotatable bonds is 5. The van der Waals surface area contributed by atoms with Crippen LogP contribution in [0.2, 0.25) is 0 Å². The molecular formula is C14H19NO2. The third kappa shape index (κ3) is 3.07. The van der Waals surface area contributed by atoms with Crippen molar-refractivity contribution < 1.29 is 9.90 Å². The number of nitrogens with zero attached hydrogens (tertiary/aromatic N) is 1. The van der Waals surface area contributed by atoms with E-state index in [4.69, 9.17) is 5.11 Å². The number of carboxylic acids is 1. The van der Waals surface area contributed by atoms with E-state index in [-0.39, 0.29) is 6.54 Å². The minimum absolute atomic E-state index is 0.151. The lowest BCUT2D eigenvalue weighted by Crippen LogP contribution is -2.31. The van der Waals surface area contributed by atoms with Crippen molar-refractivity contribution in [3.8, 4) is 0 Å². The van der Waals surface area contributed by atoms with Crippen molar-refractivity contribution in [1.29, 1.82) is 0 Å². The Labute approximate surface area is 102 Å². The van der Waals surface area contributed by atoms with Crippen LogP contribution in [0.15, 0.2) is 18.2 Å². The highest BCUT2D eigenvalue weighted by Crippen LogP contribution is 2.28. The van der Waals surface area contributed by atoms with Gasteiger partial charge in [0.25, 0.3) is 0 Å². The Morgan fingerprint density at radius 1 is 1.41 bits per heavy atom. The van der Waals surface area contributed by atoms with Crippen LogP contribution < -0.4 is 0 Å². The van der Waals surface area contributed by atoms with Crippen molar-refractivity contribution in [2.45, 2.75) is 39.3 Å². The van der Waals surface area contributed by atoms with E-state index >= 15 is 0 Å². The average Bonchev–Trinajstić information content (AvgIpc) is 3.06. The summed E-state index contributed by atoms with van der Waals surface area (Å²) < 4.78 is 0. The predicted molar refractivity (Wildman–Crippen MR) is 67.0 cm³/mol. The van der Waals surface area contributed by atoms with Crippen LogP contribution >= 0.6 is 0 Å². The fourth-order valence-electron chi connectivity index (χ4n) is 2.13. The van der Waals surface area contributed by atoms with Crippen molar-refractivity contribution in [3.63, 3.8) is 0 Å². The summed E-state index contributed by atoms with van der Waals surface area (Å²) in [6, 6.07) is 6.71. The summed E-state index contributed by atoms with van der Waals surface area (Å²) >= 11 is 0. The monoisotopic (exact) mass is 233 g/mol. The SMILES string of the molecule is Cc1cccc(CN(CC(=O)O)C2CC2)c1C. The number of hydrogen-bond donors (Lipinski definition) is 1. The van der Waals surface area contributed by atoms with Gasteiger partial charge in [-0.05, 0) is 43.4 Å². The van der Waals surface area contributed by atoms with Gasteiger partial charge in [0, 0.05) is 12.6 Å². The number of carbonyl (C=O) groups is 1. The van der Waals surface area contributed by atoms with Gasteiger partial charge in [-0.25, -0.2) is 0 Å². The molecule has 0 spiro atoms. The molecule has 2 rings (SSSR count). The lowest BCUT2D eigenvalue weighted by Gasteiger charge is -2.21. The van der Waals surface area contributed by atoms with E-state index in [9.17, 15) is 4.79 Å². The lowest BCUT2D eigenvalue weighted by atomic mass is 10.0. The molecule has 92 valence electrons. The molecule has 17 heavy (non-hydrogen) atoms. The summed E-state index contributed by atoms with van der Waals surface area (Å²) in [4.78, 5) is 12.9. The van der Waals surface area contributed by atoms with Gasteiger partial charge in [-0.15, -0.1) is 0 Å². The largest absolute Gasteiger partial charge is 0.480 e. The smallest absolute Gasteiger partial charge is 0.317 e. The summed E-state index contributed by atoms with van der Waals surface area (Å²) in [5, 5.41) is 8.92. The third-order valence-corrected chi connectivity index (χ3v) is 3.49. The van der Waals surface area contributed by atoms with Gasteiger partial charge in [0.1, 0.15) is 0 Å². The molecule has 0 atom stereocenters. The number of hydrogen-bond acceptors (Lipinski definition) is 2. The molecule has 0 radical (unpaired) electrons. The Bertz CT molecular complexity index is 424. The van der Waals surface area contributed by atoms with Crippen LogP contribution in [0, 0.1) is 13.8 Å². The van der Waals surface area contributed by atoms with Gasteiger partial charge in [-0.3, -0.25) is 9.69 Å². The molecule has 1 fully saturated rings. The molecule has 0 aromatic heterocycles. The maximum absolute atomic E-state index is 10.8. The van der Waals surface area contributed by atoms with Crippen LogP contribution in [0.5, 0.6) is 0 Å². The van der Waals surface area contributed by atoms with E-state index in [2.05, 4.69) is 30.9 Å². The van der Waals surface area contributed by atoms with Crippen molar-refractivity contribution in [1.82, 2.24) is 4.90 Å². The van der Waals surface area contributed by atoms with Crippen molar-refractivity contribution in [3.05, 3.63) is 34.9 Å². The number of benzene rings is 1. The van der Waals surface area contributed by atoms with Gasteiger partial charge in [0.05, 0.1) is 6.54 Å². The van der Waals surface area contributed by atoms with E-state index < -0.39 is 5.97 Å². The highest BCUT2D eigenvalue weighted by Gasteiger charge is 2.30. The van der Waals surface area contributed by atoms with Gasteiger partial charge in [0.15, 0.2) is 0 Å². The van der Waals surface area contributed by atoms with Gasteiger partial charge in [0.2, 0.25) is 0 Å².